The van der Waals surface area contributed by atoms with Gasteiger partial charge in [-0.15, -0.1) is 0 Å². The molecule has 0 unspecified atom stereocenters. The number of aromatic amines is 2. The van der Waals surface area contributed by atoms with E-state index in [1.165, 1.54) is 5.39 Å². The summed E-state index contributed by atoms with van der Waals surface area (Å²) in [5.74, 6) is 0. The highest BCUT2D eigenvalue weighted by Gasteiger charge is 2.07. The first kappa shape index (κ1) is 9.48. The number of aromatic nitrogens is 2. The van der Waals surface area contributed by atoms with Gasteiger partial charge in [-0.25, -0.2) is 0 Å². The summed E-state index contributed by atoms with van der Waals surface area (Å²) in [6.07, 6.45) is 1.95. The van der Waals surface area contributed by atoms with Crippen LogP contribution in [0.15, 0.2) is 53.5 Å². The smallest absolute Gasteiger partial charge is 0.179 e. The molecule has 0 saturated carbocycles. The molecule has 3 nitrogen and oxygen atoms in total. The van der Waals surface area contributed by atoms with Crippen LogP contribution in [0.5, 0.6) is 0 Å². The van der Waals surface area contributed by atoms with E-state index in [4.69, 9.17) is 0 Å². The van der Waals surface area contributed by atoms with Gasteiger partial charge in [0.1, 0.15) is 0 Å². The molecule has 0 bridgehead atoms. The number of rotatable bonds is 0. The first-order valence-electron chi connectivity index (χ1n) is 5.84. The van der Waals surface area contributed by atoms with Gasteiger partial charge < -0.3 is 10.2 Å². The molecule has 0 fully saturated rings. The van der Waals surface area contributed by atoms with Crippen LogP contribution in [-0.4, -0.2) is 10.2 Å². The van der Waals surface area contributed by atoms with Crippen molar-refractivity contribution in [3.05, 3.63) is 58.9 Å². The van der Waals surface area contributed by atoms with Crippen LogP contribution < -0.4 is 5.43 Å². The summed E-state index contributed by atoms with van der Waals surface area (Å²) < 4.78 is 0. The average molecular weight is 234 g/mol. The number of benzene rings is 1. The molecule has 1 aromatic heterocycles. The lowest BCUT2D eigenvalue weighted by molar-refractivity contribution is 1.12. The summed E-state index contributed by atoms with van der Waals surface area (Å²) in [7, 11) is 0. The summed E-state index contributed by atoms with van der Waals surface area (Å²) in [6.45, 7) is 0. The van der Waals surface area contributed by atoms with Crippen LogP contribution in [0, 0.1) is 0 Å². The number of fused-ring (bicyclic) bond motifs is 5. The molecular weight excluding hydrogens is 224 g/mol. The summed E-state index contributed by atoms with van der Waals surface area (Å²) >= 11 is 0. The van der Waals surface area contributed by atoms with E-state index in [-0.39, 0.29) is 5.43 Å². The van der Waals surface area contributed by atoms with Crippen molar-refractivity contribution in [2.45, 2.75) is 0 Å². The van der Waals surface area contributed by atoms with Crippen LogP contribution in [0.25, 0.3) is 32.4 Å². The molecule has 18 heavy (non-hydrogen) atoms. The summed E-state index contributed by atoms with van der Waals surface area (Å²) in [6, 6.07) is 13.3. The Morgan fingerprint density at radius 2 is 1.78 bits per heavy atom. The van der Waals surface area contributed by atoms with Gasteiger partial charge in [0.25, 0.3) is 0 Å². The maximum Gasteiger partial charge on any atom is 0.179 e. The van der Waals surface area contributed by atoms with Gasteiger partial charge in [-0.2, -0.15) is 0 Å². The number of H-pyrrole nitrogens is 2. The molecule has 2 N–H and O–H groups in total. The van der Waals surface area contributed by atoms with Crippen LogP contribution in [0.3, 0.4) is 0 Å². The van der Waals surface area contributed by atoms with E-state index in [0.29, 0.717) is 0 Å². The average Bonchev–Trinajstić information content (AvgIpc) is 2.90. The van der Waals surface area contributed by atoms with E-state index in [0.717, 1.165) is 27.1 Å². The third kappa shape index (κ3) is 1.16. The minimum absolute atomic E-state index is 0.0400. The molecule has 0 spiro atoms. The second-order valence-electron chi connectivity index (χ2n) is 4.49. The van der Waals surface area contributed by atoms with Crippen molar-refractivity contribution in [3.8, 4) is 0 Å². The lowest BCUT2D eigenvalue weighted by Crippen LogP contribution is -1.88. The molecule has 0 radical (unpaired) electrons. The van der Waals surface area contributed by atoms with E-state index < -0.39 is 0 Å². The van der Waals surface area contributed by atoms with Gasteiger partial charge in [0.05, 0.1) is 5.52 Å². The molecule has 0 atom stereocenters. The molecule has 4 rings (SSSR count). The second kappa shape index (κ2) is 3.23. The largest absolute Gasteiger partial charge is 0.307 e. The number of nitrogens with one attached hydrogen (secondary N) is 2. The zero-order valence-corrected chi connectivity index (χ0v) is 9.53. The third-order valence-electron chi connectivity index (χ3n) is 3.43. The highest BCUT2D eigenvalue weighted by molar-refractivity contribution is 6.20. The Balaban J connectivity index is 2.36. The molecule has 3 heteroatoms. The highest BCUT2D eigenvalue weighted by Crippen LogP contribution is 2.31. The standard InChI is InChI=1S/C15H10N2O/c18-10-3-1-2-9-6-13-11(12(9)7-10)4-5-15-14(13)8-16-17-15/h1-8,16-17H. The Morgan fingerprint density at radius 3 is 2.72 bits per heavy atom. The van der Waals surface area contributed by atoms with Crippen LogP contribution in [-0.2, 0) is 0 Å². The second-order valence-corrected chi connectivity index (χ2v) is 4.49. The quantitative estimate of drug-likeness (QED) is 0.482. The fraction of sp³-hybridized carbons (Fsp3) is 0. The minimum Gasteiger partial charge on any atom is -0.307 e. The van der Waals surface area contributed by atoms with Gasteiger partial charge in [-0.3, -0.25) is 4.79 Å². The van der Waals surface area contributed by atoms with Crippen LogP contribution in [0.2, 0.25) is 0 Å². The first-order chi connectivity index (χ1) is 8.83. The molecule has 4 aromatic rings. The number of hydrogen-bond acceptors (Lipinski definition) is 1. The summed E-state index contributed by atoms with van der Waals surface area (Å²) in [5.41, 5.74) is 1.11. The Kier molecular flexibility index (Phi) is 1.70. The van der Waals surface area contributed by atoms with Gasteiger partial charge in [-0.05, 0) is 45.8 Å². The maximum absolute atomic E-state index is 11.6. The zero-order valence-electron chi connectivity index (χ0n) is 9.53. The minimum atomic E-state index is 0.0400. The summed E-state index contributed by atoms with van der Waals surface area (Å²) in [5, 5.41) is 11.7. The van der Waals surface area contributed by atoms with E-state index >= 15 is 0 Å². The van der Waals surface area contributed by atoms with Gasteiger partial charge in [-0.1, -0.05) is 18.2 Å². The molecule has 0 aliphatic carbocycles. The van der Waals surface area contributed by atoms with Gasteiger partial charge in [0.15, 0.2) is 5.43 Å². The van der Waals surface area contributed by atoms with E-state index in [1.807, 2.05) is 24.4 Å². The molecule has 1 heterocycles. The normalized spacial score (nSPS) is 11.6. The molecule has 0 saturated heterocycles. The predicted octanol–water partition coefficient (Wildman–Crippen LogP) is 3.16. The van der Waals surface area contributed by atoms with E-state index in [2.05, 4.69) is 22.3 Å². The van der Waals surface area contributed by atoms with Crippen molar-refractivity contribution in [1.29, 1.82) is 0 Å². The first-order valence-corrected chi connectivity index (χ1v) is 5.84. The van der Waals surface area contributed by atoms with Crippen molar-refractivity contribution >= 4 is 32.4 Å². The molecule has 0 aliphatic rings. The fourth-order valence-electron chi connectivity index (χ4n) is 2.60. The fourth-order valence-corrected chi connectivity index (χ4v) is 2.60. The van der Waals surface area contributed by atoms with Crippen molar-refractivity contribution in [2.24, 2.45) is 0 Å². The maximum atomic E-state index is 11.6. The van der Waals surface area contributed by atoms with Crippen molar-refractivity contribution in [2.75, 3.05) is 0 Å². The molecule has 86 valence electrons. The Hall–Kier alpha value is -2.55. The Labute approximate surface area is 102 Å². The molecular formula is C15H10N2O. The Bertz CT molecular complexity index is 947. The van der Waals surface area contributed by atoms with E-state index in [9.17, 15) is 4.79 Å². The van der Waals surface area contributed by atoms with Crippen LogP contribution in [0.1, 0.15) is 0 Å². The van der Waals surface area contributed by atoms with Gasteiger partial charge in [0, 0.05) is 11.6 Å². The van der Waals surface area contributed by atoms with Gasteiger partial charge >= 0.3 is 0 Å². The highest BCUT2D eigenvalue weighted by atomic mass is 16.1. The van der Waals surface area contributed by atoms with Crippen LogP contribution in [0.4, 0.5) is 0 Å². The lowest BCUT2D eigenvalue weighted by Gasteiger charge is -1.92. The topological polar surface area (TPSA) is 48.6 Å². The predicted molar refractivity (Wildman–Crippen MR) is 73.9 cm³/mol. The summed E-state index contributed by atoms with van der Waals surface area (Å²) in [4.78, 5) is 11.6. The van der Waals surface area contributed by atoms with Crippen LogP contribution >= 0.6 is 0 Å². The lowest BCUT2D eigenvalue weighted by atomic mass is 10.1. The van der Waals surface area contributed by atoms with Crippen molar-refractivity contribution in [3.63, 3.8) is 0 Å². The molecule has 3 aromatic carbocycles. The van der Waals surface area contributed by atoms with Crippen molar-refractivity contribution in [1.82, 2.24) is 10.2 Å². The van der Waals surface area contributed by atoms with E-state index in [1.54, 1.807) is 12.1 Å². The number of hydrogen-bond donors (Lipinski definition) is 2. The van der Waals surface area contributed by atoms with Gasteiger partial charge in [0.2, 0.25) is 0 Å². The zero-order chi connectivity index (χ0) is 12.1. The SMILES string of the molecule is O=c1cccc2cc3c4c[nH][nH]c4ccc3c2c1. The monoisotopic (exact) mass is 234 g/mol. The molecule has 0 amide bonds. The Morgan fingerprint density at radius 1 is 0.833 bits per heavy atom. The molecule has 0 aliphatic heterocycles. The van der Waals surface area contributed by atoms with Crippen molar-refractivity contribution < 1.29 is 0 Å². The third-order valence-corrected chi connectivity index (χ3v) is 3.43.